The molecule has 1 aromatic carbocycles. The van der Waals surface area contributed by atoms with Gasteiger partial charge in [0.15, 0.2) is 0 Å². The van der Waals surface area contributed by atoms with Gasteiger partial charge in [-0.25, -0.2) is 0 Å². The molecule has 0 aromatic heterocycles. The van der Waals surface area contributed by atoms with Crippen LogP contribution in [0.25, 0.3) is 5.57 Å². The van der Waals surface area contributed by atoms with Crippen molar-refractivity contribution in [3.8, 4) is 5.75 Å². The van der Waals surface area contributed by atoms with Crippen molar-refractivity contribution in [2.45, 2.75) is 18.9 Å². The smallest absolute Gasteiger partial charge is 0.148 e. The number of hydrogen-bond donors (Lipinski definition) is 0. The summed E-state index contributed by atoms with van der Waals surface area (Å²) in [6, 6.07) is 8.38. The maximum Gasteiger partial charge on any atom is 0.148 e. The average molecular weight is 284 g/mol. The predicted octanol–water partition coefficient (Wildman–Crippen LogP) is 3.50. The molecule has 102 valence electrons. The van der Waals surface area contributed by atoms with Gasteiger partial charge in [0.2, 0.25) is 0 Å². The van der Waals surface area contributed by atoms with Crippen LogP contribution in [-0.2, 0) is 0 Å². The number of amidine groups is 1. The Labute approximate surface area is 123 Å². The summed E-state index contributed by atoms with van der Waals surface area (Å²) in [5.41, 5.74) is 2.39. The highest BCUT2D eigenvalue weighted by molar-refractivity contribution is 7.98. The van der Waals surface area contributed by atoms with Crippen LogP contribution in [0.1, 0.15) is 18.4 Å². The Morgan fingerprint density at radius 1 is 1.20 bits per heavy atom. The highest BCUT2D eigenvalue weighted by Crippen LogP contribution is 2.30. The van der Waals surface area contributed by atoms with Gasteiger partial charge in [0.25, 0.3) is 0 Å². The van der Waals surface area contributed by atoms with E-state index in [4.69, 9.17) is 4.74 Å². The highest BCUT2D eigenvalue weighted by atomic mass is 32.2. The molecule has 0 spiro atoms. The number of benzene rings is 1. The van der Waals surface area contributed by atoms with E-state index < -0.39 is 0 Å². The minimum absolute atomic E-state index is 0.451. The first kappa shape index (κ1) is 12.1. The molecule has 2 aliphatic heterocycles. The molecule has 4 heteroatoms. The van der Waals surface area contributed by atoms with E-state index >= 15 is 0 Å². The molecule has 0 atom stereocenters. The Kier molecular flexibility index (Phi) is 3.03. The molecule has 20 heavy (non-hydrogen) atoms. The second kappa shape index (κ2) is 5.02. The molecule has 1 saturated carbocycles. The van der Waals surface area contributed by atoms with Crippen molar-refractivity contribution in [2.75, 3.05) is 12.3 Å². The van der Waals surface area contributed by atoms with Gasteiger partial charge >= 0.3 is 0 Å². The molecule has 2 heterocycles. The quantitative estimate of drug-likeness (QED) is 0.794. The average Bonchev–Trinajstić information content (AvgIpc) is 3.32. The molecule has 0 amide bonds. The van der Waals surface area contributed by atoms with Crippen molar-refractivity contribution in [1.82, 2.24) is 4.90 Å². The predicted molar refractivity (Wildman–Crippen MR) is 83.8 cm³/mol. The first-order chi connectivity index (χ1) is 9.90. The maximum atomic E-state index is 5.80. The molecule has 0 unspecified atom stereocenters. The van der Waals surface area contributed by atoms with Gasteiger partial charge in [0.1, 0.15) is 11.6 Å². The van der Waals surface area contributed by atoms with Gasteiger partial charge in [-0.05, 0) is 54.6 Å². The van der Waals surface area contributed by atoms with Crippen molar-refractivity contribution in [3.63, 3.8) is 0 Å². The molecule has 4 rings (SSSR count). The van der Waals surface area contributed by atoms with E-state index in [1.54, 1.807) is 11.9 Å². The summed E-state index contributed by atoms with van der Waals surface area (Å²) in [6.07, 6.45) is 9.18. The normalized spacial score (nSPS) is 21.1. The largest absolute Gasteiger partial charge is 0.490 e. The van der Waals surface area contributed by atoms with E-state index in [1.807, 2.05) is 0 Å². The third-order valence-corrected chi connectivity index (χ3v) is 4.28. The summed E-state index contributed by atoms with van der Waals surface area (Å²) < 4.78 is 10.4. The molecule has 1 fully saturated rings. The minimum Gasteiger partial charge on any atom is -0.490 e. The van der Waals surface area contributed by atoms with Crippen LogP contribution in [0.2, 0.25) is 0 Å². The second-order valence-corrected chi connectivity index (χ2v) is 6.05. The molecule has 1 aromatic rings. The number of fused-ring (bicyclic) bond motifs is 1. The third kappa shape index (κ3) is 2.36. The van der Waals surface area contributed by atoms with Crippen LogP contribution in [0.15, 0.2) is 47.0 Å². The zero-order valence-corrected chi connectivity index (χ0v) is 12.0. The summed E-state index contributed by atoms with van der Waals surface area (Å²) in [6.45, 7) is 1.03. The number of hydrogen-bond acceptors (Lipinski definition) is 4. The summed E-state index contributed by atoms with van der Waals surface area (Å²) >= 11 is 1.65. The molecule has 0 N–H and O–H groups in total. The lowest BCUT2D eigenvalue weighted by Gasteiger charge is -2.29. The first-order valence-corrected chi connectivity index (χ1v) is 7.97. The van der Waals surface area contributed by atoms with E-state index in [9.17, 15) is 0 Å². The van der Waals surface area contributed by atoms with Gasteiger partial charge in [0.05, 0.1) is 6.10 Å². The van der Waals surface area contributed by atoms with Crippen molar-refractivity contribution < 1.29 is 4.74 Å². The fourth-order valence-electron chi connectivity index (χ4n) is 2.39. The SMILES string of the molecule is C1=CN2CCSN=C2C(c2ccc(OC3CC3)cc2)=C1. The van der Waals surface area contributed by atoms with Crippen molar-refractivity contribution >= 4 is 23.4 Å². The van der Waals surface area contributed by atoms with Gasteiger partial charge in [-0.3, -0.25) is 0 Å². The lowest BCUT2D eigenvalue weighted by Crippen LogP contribution is -2.32. The van der Waals surface area contributed by atoms with Gasteiger partial charge < -0.3 is 9.64 Å². The van der Waals surface area contributed by atoms with Gasteiger partial charge in [-0.2, -0.15) is 4.40 Å². The summed E-state index contributed by atoms with van der Waals surface area (Å²) in [7, 11) is 0. The third-order valence-electron chi connectivity index (χ3n) is 3.61. The van der Waals surface area contributed by atoms with Crippen LogP contribution in [0.3, 0.4) is 0 Å². The zero-order valence-electron chi connectivity index (χ0n) is 11.2. The van der Waals surface area contributed by atoms with E-state index in [2.05, 4.69) is 51.9 Å². The van der Waals surface area contributed by atoms with Crippen molar-refractivity contribution in [2.24, 2.45) is 4.40 Å². The van der Waals surface area contributed by atoms with Gasteiger partial charge in [0, 0.05) is 24.1 Å². The summed E-state index contributed by atoms with van der Waals surface area (Å²) in [5.74, 6) is 3.09. The number of nitrogens with zero attached hydrogens (tertiary/aromatic N) is 2. The summed E-state index contributed by atoms with van der Waals surface area (Å²) in [4.78, 5) is 2.22. The van der Waals surface area contributed by atoms with E-state index in [1.165, 1.54) is 24.0 Å². The minimum atomic E-state index is 0.451. The fraction of sp³-hybridized carbons (Fsp3) is 0.312. The van der Waals surface area contributed by atoms with Crippen LogP contribution in [0, 0.1) is 0 Å². The lowest BCUT2D eigenvalue weighted by atomic mass is 10.0. The Hall–Kier alpha value is -1.68. The molecule has 0 bridgehead atoms. The second-order valence-electron chi connectivity index (χ2n) is 5.20. The Bertz CT molecular complexity index is 599. The van der Waals surface area contributed by atoms with Crippen LogP contribution < -0.4 is 4.74 Å². The van der Waals surface area contributed by atoms with E-state index in [-0.39, 0.29) is 0 Å². The zero-order chi connectivity index (χ0) is 13.4. The fourth-order valence-corrected chi connectivity index (χ4v) is 3.08. The first-order valence-electron chi connectivity index (χ1n) is 7.03. The Balaban J connectivity index is 1.60. The monoisotopic (exact) mass is 284 g/mol. The molecule has 0 radical (unpaired) electrons. The molecule has 1 aliphatic carbocycles. The van der Waals surface area contributed by atoms with Gasteiger partial charge in [-0.1, -0.05) is 12.1 Å². The molecule has 3 aliphatic rings. The van der Waals surface area contributed by atoms with E-state index in [0.29, 0.717) is 6.10 Å². The number of allylic oxidation sites excluding steroid dienone is 2. The maximum absolute atomic E-state index is 5.80. The summed E-state index contributed by atoms with van der Waals surface area (Å²) in [5, 5.41) is 0. The van der Waals surface area contributed by atoms with Crippen LogP contribution in [0.4, 0.5) is 0 Å². The number of rotatable bonds is 3. The Morgan fingerprint density at radius 2 is 2.05 bits per heavy atom. The van der Waals surface area contributed by atoms with Crippen molar-refractivity contribution in [3.05, 3.63) is 48.2 Å². The lowest BCUT2D eigenvalue weighted by molar-refractivity contribution is 0.303. The topological polar surface area (TPSA) is 24.8 Å². The standard InChI is InChI=1S/C16H16N2OS/c1-2-15(16-17-20-11-10-18(16)9-1)12-3-5-13(6-4-12)19-14-7-8-14/h1-6,9,14H,7-8,10-11H2. The van der Waals surface area contributed by atoms with Crippen LogP contribution in [-0.4, -0.2) is 29.1 Å². The number of ether oxygens (including phenoxy) is 1. The van der Waals surface area contributed by atoms with Crippen LogP contribution >= 0.6 is 11.9 Å². The van der Waals surface area contributed by atoms with Gasteiger partial charge in [-0.15, -0.1) is 0 Å². The molecular weight excluding hydrogens is 268 g/mol. The molecule has 3 nitrogen and oxygen atoms in total. The van der Waals surface area contributed by atoms with Crippen LogP contribution in [0.5, 0.6) is 5.75 Å². The molecular formula is C16H16N2OS. The van der Waals surface area contributed by atoms with Crippen molar-refractivity contribution in [1.29, 1.82) is 0 Å². The van der Waals surface area contributed by atoms with E-state index in [0.717, 1.165) is 23.9 Å². The molecule has 0 saturated heterocycles. The Morgan fingerprint density at radius 3 is 2.85 bits per heavy atom. The highest BCUT2D eigenvalue weighted by Gasteiger charge is 2.24.